The van der Waals surface area contributed by atoms with Crippen LogP contribution in [0.5, 0.6) is 0 Å². The maximum absolute atomic E-state index is 9.51. The maximum Gasteiger partial charge on any atom is 0.505 e. The highest BCUT2D eigenvalue weighted by Gasteiger charge is 2.52. The first-order chi connectivity index (χ1) is 7.73. The summed E-state index contributed by atoms with van der Waals surface area (Å²) in [4.78, 5) is 0.940. The molecular weight excluding hydrogens is 235 g/mol. The summed E-state index contributed by atoms with van der Waals surface area (Å²) in [5.74, 6) is 0. The van der Waals surface area contributed by atoms with Crippen LogP contribution in [-0.2, 0) is 9.31 Å². The van der Waals surface area contributed by atoms with Crippen LogP contribution in [0.2, 0.25) is 0 Å². The topological polar surface area (TPSA) is 38.7 Å². The highest BCUT2D eigenvalue weighted by Crippen LogP contribution is 2.37. The molecule has 3 nitrogen and oxygen atoms in total. The smallest absolute Gasteiger partial charge is 0.399 e. The Morgan fingerprint density at radius 1 is 1.18 bits per heavy atom. The van der Waals surface area contributed by atoms with E-state index in [2.05, 4.69) is 0 Å². The summed E-state index contributed by atoms with van der Waals surface area (Å²) in [6, 6.07) is 3.89. The molecule has 1 saturated heterocycles. The molecule has 0 unspecified atom stereocenters. The van der Waals surface area contributed by atoms with Gasteiger partial charge in [0.05, 0.1) is 17.3 Å². The van der Waals surface area contributed by atoms with E-state index < -0.39 is 6.10 Å². The second kappa shape index (κ2) is 4.09. The zero-order chi connectivity index (χ0) is 12.8. The Morgan fingerprint density at radius 3 is 2.12 bits per heavy atom. The molecule has 1 N–H and O–H groups in total. The fraction of sp³-hybridized carbons (Fsp3) is 0.667. The van der Waals surface area contributed by atoms with Gasteiger partial charge in [0.25, 0.3) is 0 Å². The van der Waals surface area contributed by atoms with E-state index in [1.165, 1.54) is 11.3 Å². The molecule has 1 aromatic rings. The first kappa shape index (κ1) is 13.1. The molecule has 0 aliphatic carbocycles. The molecule has 2 rings (SSSR count). The maximum atomic E-state index is 9.51. The van der Waals surface area contributed by atoms with Crippen molar-refractivity contribution >= 4 is 23.2 Å². The van der Waals surface area contributed by atoms with Gasteiger partial charge in [-0.25, -0.2) is 0 Å². The molecule has 1 atom stereocenters. The predicted molar refractivity (Wildman–Crippen MR) is 70.7 cm³/mol. The minimum absolute atomic E-state index is 0.313. The Morgan fingerprint density at radius 2 is 1.71 bits per heavy atom. The van der Waals surface area contributed by atoms with E-state index >= 15 is 0 Å². The molecule has 2 heterocycles. The van der Waals surface area contributed by atoms with Crippen molar-refractivity contribution in [2.45, 2.75) is 51.9 Å². The van der Waals surface area contributed by atoms with E-state index in [9.17, 15) is 5.11 Å². The van der Waals surface area contributed by atoms with Crippen LogP contribution >= 0.6 is 11.3 Å². The molecular formula is C12H19BO3S. The second-order valence-corrected chi connectivity index (χ2v) is 6.65. The summed E-state index contributed by atoms with van der Waals surface area (Å²) in [5.41, 5.74) is -0.626. The van der Waals surface area contributed by atoms with Crippen LogP contribution in [0, 0.1) is 0 Å². The molecule has 1 aromatic heterocycles. The third-order valence-electron chi connectivity index (χ3n) is 3.54. The molecule has 0 spiro atoms. The zero-order valence-corrected chi connectivity index (χ0v) is 11.8. The van der Waals surface area contributed by atoms with E-state index in [4.69, 9.17) is 9.31 Å². The third kappa shape index (κ3) is 2.29. The number of aliphatic hydroxyl groups is 1. The summed E-state index contributed by atoms with van der Waals surface area (Å²) in [6.07, 6.45) is -0.434. The number of aliphatic hydroxyl groups excluding tert-OH is 1. The molecule has 0 amide bonds. The SMILES string of the molecule is C[C@H](O)c1ccc(B2OC(C)(C)C(C)(C)O2)s1. The average Bonchev–Trinajstić information content (AvgIpc) is 2.70. The normalized spacial score (nSPS) is 24.0. The Labute approximate surface area is 107 Å². The molecule has 1 aliphatic heterocycles. The molecule has 0 bridgehead atoms. The van der Waals surface area contributed by atoms with Crippen LogP contribution in [0.1, 0.15) is 45.6 Å². The molecule has 5 heteroatoms. The summed E-state index contributed by atoms with van der Waals surface area (Å²) in [6.45, 7) is 9.92. The van der Waals surface area contributed by atoms with Crippen LogP contribution in [0.4, 0.5) is 0 Å². The Hall–Kier alpha value is -0.355. The van der Waals surface area contributed by atoms with Crippen molar-refractivity contribution in [2.75, 3.05) is 0 Å². The largest absolute Gasteiger partial charge is 0.505 e. The van der Waals surface area contributed by atoms with Crippen molar-refractivity contribution < 1.29 is 14.4 Å². The predicted octanol–water partition coefficient (Wildman–Crippen LogP) is 2.10. The van der Waals surface area contributed by atoms with Crippen molar-refractivity contribution in [3.8, 4) is 0 Å². The Balaban J connectivity index is 2.20. The lowest BCUT2D eigenvalue weighted by atomic mass is 9.88. The van der Waals surface area contributed by atoms with E-state index in [0.29, 0.717) is 0 Å². The minimum atomic E-state index is -0.434. The van der Waals surface area contributed by atoms with Crippen molar-refractivity contribution in [1.29, 1.82) is 0 Å². The van der Waals surface area contributed by atoms with Crippen molar-refractivity contribution in [3.63, 3.8) is 0 Å². The van der Waals surface area contributed by atoms with Crippen LogP contribution in [0.25, 0.3) is 0 Å². The minimum Gasteiger partial charge on any atom is -0.399 e. The standard InChI is InChI=1S/C12H19BO3S/c1-8(14)9-6-7-10(17-9)13-15-11(2,3)12(4,5)16-13/h6-8,14H,1-5H3/t8-/m0/s1. The van der Waals surface area contributed by atoms with Crippen LogP contribution in [-0.4, -0.2) is 23.4 Å². The van der Waals surface area contributed by atoms with Crippen LogP contribution in [0.3, 0.4) is 0 Å². The summed E-state index contributed by atoms with van der Waals surface area (Å²) < 4.78 is 12.9. The van der Waals surface area contributed by atoms with Gasteiger partial charge < -0.3 is 14.4 Å². The Bertz CT molecular complexity index is 396. The zero-order valence-electron chi connectivity index (χ0n) is 11.0. The molecule has 17 heavy (non-hydrogen) atoms. The van der Waals surface area contributed by atoms with Gasteiger partial charge in [-0.15, -0.1) is 11.3 Å². The van der Waals surface area contributed by atoms with Gasteiger partial charge in [0.15, 0.2) is 0 Å². The monoisotopic (exact) mass is 254 g/mol. The van der Waals surface area contributed by atoms with E-state index in [0.717, 1.165) is 9.65 Å². The quantitative estimate of drug-likeness (QED) is 0.821. The molecule has 94 valence electrons. The second-order valence-electron chi connectivity index (χ2n) is 5.50. The first-order valence-corrected chi connectivity index (χ1v) is 6.68. The van der Waals surface area contributed by atoms with Crippen LogP contribution < -0.4 is 4.78 Å². The lowest BCUT2D eigenvalue weighted by molar-refractivity contribution is 0.00578. The number of hydrogen-bond donors (Lipinski definition) is 1. The fourth-order valence-corrected chi connectivity index (χ4v) is 2.59. The Kier molecular flexibility index (Phi) is 3.15. The first-order valence-electron chi connectivity index (χ1n) is 5.86. The van der Waals surface area contributed by atoms with Gasteiger partial charge in [-0.2, -0.15) is 0 Å². The van der Waals surface area contributed by atoms with Gasteiger partial charge >= 0.3 is 7.12 Å². The summed E-state index contributed by atoms with van der Waals surface area (Å²) in [5, 5.41) is 9.51. The molecule has 0 aromatic carbocycles. The lowest BCUT2D eigenvalue weighted by Gasteiger charge is -2.32. The average molecular weight is 254 g/mol. The van der Waals surface area contributed by atoms with Gasteiger partial charge in [-0.1, -0.05) is 6.07 Å². The highest BCUT2D eigenvalue weighted by molar-refractivity contribution is 7.22. The summed E-state index contributed by atoms with van der Waals surface area (Å²) in [7, 11) is -0.322. The van der Waals surface area contributed by atoms with E-state index in [1.807, 2.05) is 39.8 Å². The van der Waals surface area contributed by atoms with E-state index in [-0.39, 0.29) is 18.3 Å². The van der Waals surface area contributed by atoms with E-state index in [1.54, 1.807) is 6.92 Å². The van der Waals surface area contributed by atoms with Gasteiger partial charge in [-0.05, 0) is 40.7 Å². The third-order valence-corrected chi connectivity index (χ3v) is 4.82. The van der Waals surface area contributed by atoms with Gasteiger partial charge in [0.2, 0.25) is 0 Å². The fourth-order valence-electron chi connectivity index (χ4n) is 1.68. The van der Waals surface area contributed by atoms with Crippen molar-refractivity contribution in [1.82, 2.24) is 0 Å². The molecule has 1 aliphatic rings. The van der Waals surface area contributed by atoms with Gasteiger partial charge in [-0.3, -0.25) is 0 Å². The van der Waals surface area contributed by atoms with Crippen molar-refractivity contribution in [2.24, 2.45) is 0 Å². The van der Waals surface area contributed by atoms with Gasteiger partial charge in [0, 0.05) is 9.65 Å². The van der Waals surface area contributed by atoms with Crippen LogP contribution in [0.15, 0.2) is 12.1 Å². The molecule has 0 radical (unpaired) electrons. The molecule has 1 fully saturated rings. The lowest BCUT2D eigenvalue weighted by Crippen LogP contribution is -2.41. The number of hydrogen-bond acceptors (Lipinski definition) is 4. The summed E-state index contributed by atoms with van der Waals surface area (Å²) >= 11 is 1.54. The van der Waals surface area contributed by atoms with Crippen molar-refractivity contribution in [3.05, 3.63) is 17.0 Å². The highest BCUT2D eigenvalue weighted by atomic mass is 32.1. The van der Waals surface area contributed by atoms with Gasteiger partial charge in [0.1, 0.15) is 0 Å². The number of rotatable bonds is 2. The number of thiophene rings is 1. The molecule has 0 saturated carbocycles.